The minimum Gasteiger partial charge on any atom is -0.371 e. The Balaban J connectivity index is 2.24. The Hall–Kier alpha value is -1.62. The van der Waals surface area contributed by atoms with E-state index in [1.807, 2.05) is 13.0 Å². The Morgan fingerprint density at radius 3 is 2.84 bits per heavy atom. The summed E-state index contributed by atoms with van der Waals surface area (Å²) in [5, 5.41) is 10.9. The van der Waals surface area contributed by atoms with Crippen LogP contribution in [0.25, 0.3) is 0 Å². The monoisotopic (exact) mass is 263 g/mol. The molecule has 0 spiro atoms. The summed E-state index contributed by atoms with van der Waals surface area (Å²) >= 11 is 0. The van der Waals surface area contributed by atoms with Gasteiger partial charge in [-0.15, -0.1) is 0 Å². The number of anilines is 1. The number of non-ortho nitro benzene ring substituents is 1. The number of aryl methyl sites for hydroxylation is 1. The van der Waals surface area contributed by atoms with Crippen LogP contribution in [0.2, 0.25) is 0 Å². The third kappa shape index (κ3) is 3.04. The highest BCUT2D eigenvalue weighted by molar-refractivity contribution is 5.56. The average Bonchev–Trinajstić information content (AvgIpc) is 2.38. The van der Waals surface area contributed by atoms with E-state index in [4.69, 9.17) is 5.73 Å². The van der Waals surface area contributed by atoms with Crippen LogP contribution in [-0.4, -0.2) is 24.1 Å². The predicted octanol–water partition coefficient (Wildman–Crippen LogP) is 2.47. The lowest BCUT2D eigenvalue weighted by molar-refractivity contribution is -0.384. The zero-order valence-electron chi connectivity index (χ0n) is 11.5. The van der Waals surface area contributed by atoms with Crippen molar-refractivity contribution >= 4 is 11.4 Å². The van der Waals surface area contributed by atoms with Gasteiger partial charge in [0.15, 0.2) is 0 Å². The Labute approximate surface area is 113 Å². The topological polar surface area (TPSA) is 72.4 Å². The summed E-state index contributed by atoms with van der Waals surface area (Å²) in [4.78, 5) is 12.8. The van der Waals surface area contributed by atoms with Gasteiger partial charge in [0.1, 0.15) is 0 Å². The zero-order chi connectivity index (χ0) is 14.0. The molecule has 0 aromatic heterocycles. The molecule has 104 valence electrons. The second kappa shape index (κ2) is 5.57. The molecule has 0 radical (unpaired) electrons. The summed E-state index contributed by atoms with van der Waals surface area (Å²) in [5.74, 6) is 0.466. The molecule has 1 fully saturated rings. The maximum Gasteiger partial charge on any atom is 0.271 e. The predicted molar refractivity (Wildman–Crippen MR) is 76.4 cm³/mol. The first-order valence-corrected chi connectivity index (χ1v) is 6.78. The van der Waals surface area contributed by atoms with Gasteiger partial charge in [-0.1, -0.05) is 13.3 Å². The summed E-state index contributed by atoms with van der Waals surface area (Å²) in [6.07, 6.45) is 1.99. The van der Waals surface area contributed by atoms with Crippen LogP contribution in [0.5, 0.6) is 0 Å². The molecule has 1 aromatic carbocycles. The Bertz CT molecular complexity index is 476. The lowest BCUT2D eigenvalue weighted by Crippen LogP contribution is -2.47. The number of nitrogens with zero attached hydrogens (tertiary/aromatic N) is 2. The Kier molecular flexibility index (Phi) is 4.04. The van der Waals surface area contributed by atoms with Crippen LogP contribution in [0.3, 0.4) is 0 Å². The molecule has 1 heterocycles. The summed E-state index contributed by atoms with van der Waals surface area (Å²) in [6.45, 7) is 5.80. The number of nitro benzene ring substituents is 1. The lowest BCUT2D eigenvalue weighted by Gasteiger charge is -2.38. The summed E-state index contributed by atoms with van der Waals surface area (Å²) < 4.78 is 0. The van der Waals surface area contributed by atoms with Crippen LogP contribution in [0.15, 0.2) is 18.2 Å². The molecule has 0 bridgehead atoms. The van der Waals surface area contributed by atoms with E-state index >= 15 is 0 Å². The van der Waals surface area contributed by atoms with E-state index < -0.39 is 0 Å². The molecule has 0 aliphatic carbocycles. The van der Waals surface area contributed by atoms with Gasteiger partial charge in [0.25, 0.3) is 5.69 Å². The normalized spacial score (nSPS) is 23.4. The third-order valence-electron chi connectivity index (χ3n) is 3.94. The van der Waals surface area contributed by atoms with Gasteiger partial charge in [0.2, 0.25) is 0 Å². The van der Waals surface area contributed by atoms with Crippen molar-refractivity contribution in [3.05, 3.63) is 33.9 Å². The molecular formula is C14H21N3O2. The van der Waals surface area contributed by atoms with Crippen LogP contribution in [0, 0.1) is 23.0 Å². The SMILES string of the molecule is CCC1CN(c2cc(C)cc([N+](=O)[O-])c2)CCC1N. The van der Waals surface area contributed by atoms with Crippen LogP contribution in [0.4, 0.5) is 11.4 Å². The Morgan fingerprint density at radius 2 is 2.21 bits per heavy atom. The van der Waals surface area contributed by atoms with Crippen molar-refractivity contribution in [1.82, 2.24) is 0 Å². The van der Waals surface area contributed by atoms with Crippen LogP contribution in [0.1, 0.15) is 25.3 Å². The summed E-state index contributed by atoms with van der Waals surface area (Å²) in [6, 6.07) is 5.53. The maximum atomic E-state index is 10.9. The first-order chi connectivity index (χ1) is 9.01. The number of piperidine rings is 1. The van der Waals surface area contributed by atoms with Gasteiger partial charge in [0, 0.05) is 37.0 Å². The van der Waals surface area contributed by atoms with Gasteiger partial charge in [-0.2, -0.15) is 0 Å². The van der Waals surface area contributed by atoms with Gasteiger partial charge < -0.3 is 10.6 Å². The van der Waals surface area contributed by atoms with Gasteiger partial charge in [-0.25, -0.2) is 0 Å². The molecule has 1 aromatic rings. The third-order valence-corrected chi connectivity index (χ3v) is 3.94. The minimum absolute atomic E-state index is 0.165. The molecule has 1 saturated heterocycles. The van der Waals surface area contributed by atoms with E-state index in [0.29, 0.717) is 5.92 Å². The van der Waals surface area contributed by atoms with Crippen LogP contribution < -0.4 is 10.6 Å². The number of hydrogen-bond acceptors (Lipinski definition) is 4. The maximum absolute atomic E-state index is 10.9. The zero-order valence-corrected chi connectivity index (χ0v) is 11.5. The fourth-order valence-electron chi connectivity index (χ4n) is 2.75. The molecular weight excluding hydrogens is 242 g/mol. The molecule has 19 heavy (non-hydrogen) atoms. The number of nitrogens with two attached hydrogens (primary N) is 1. The number of rotatable bonds is 3. The van der Waals surface area contributed by atoms with E-state index in [-0.39, 0.29) is 16.7 Å². The van der Waals surface area contributed by atoms with Gasteiger partial charge in [-0.05, 0) is 30.9 Å². The summed E-state index contributed by atoms with van der Waals surface area (Å²) in [5.41, 5.74) is 8.13. The molecule has 2 N–H and O–H groups in total. The molecule has 0 saturated carbocycles. The number of hydrogen-bond donors (Lipinski definition) is 1. The minimum atomic E-state index is -0.330. The van der Waals surface area contributed by atoms with E-state index in [1.54, 1.807) is 12.1 Å². The molecule has 5 nitrogen and oxygen atoms in total. The average molecular weight is 263 g/mol. The van der Waals surface area contributed by atoms with Gasteiger partial charge >= 0.3 is 0 Å². The summed E-state index contributed by atoms with van der Waals surface area (Å²) in [7, 11) is 0. The molecule has 2 unspecified atom stereocenters. The van der Waals surface area contributed by atoms with Crippen molar-refractivity contribution in [2.24, 2.45) is 11.7 Å². The van der Waals surface area contributed by atoms with Gasteiger partial charge in [0.05, 0.1) is 4.92 Å². The van der Waals surface area contributed by atoms with E-state index in [9.17, 15) is 10.1 Å². The number of nitro groups is 1. The fourth-order valence-corrected chi connectivity index (χ4v) is 2.75. The van der Waals surface area contributed by atoms with Crippen LogP contribution >= 0.6 is 0 Å². The van der Waals surface area contributed by atoms with Crippen molar-refractivity contribution in [2.45, 2.75) is 32.7 Å². The first kappa shape index (κ1) is 13.8. The highest BCUT2D eigenvalue weighted by Crippen LogP contribution is 2.28. The quantitative estimate of drug-likeness (QED) is 0.671. The second-order valence-electron chi connectivity index (χ2n) is 5.35. The van der Waals surface area contributed by atoms with Crippen molar-refractivity contribution in [1.29, 1.82) is 0 Å². The van der Waals surface area contributed by atoms with Crippen molar-refractivity contribution in [3.8, 4) is 0 Å². The number of benzene rings is 1. The molecule has 1 aliphatic rings. The first-order valence-electron chi connectivity index (χ1n) is 6.78. The smallest absolute Gasteiger partial charge is 0.271 e. The van der Waals surface area contributed by atoms with E-state index in [0.717, 1.165) is 37.2 Å². The lowest BCUT2D eigenvalue weighted by atomic mass is 9.90. The molecule has 0 amide bonds. The van der Waals surface area contributed by atoms with Crippen molar-refractivity contribution in [2.75, 3.05) is 18.0 Å². The fraction of sp³-hybridized carbons (Fsp3) is 0.571. The highest BCUT2D eigenvalue weighted by Gasteiger charge is 2.26. The largest absolute Gasteiger partial charge is 0.371 e. The van der Waals surface area contributed by atoms with Crippen molar-refractivity contribution < 1.29 is 4.92 Å². The Morgan fingerprint density at radius 1 is 1.47 bits per heavy atom. The molecule has 2 atom stereocenters. The van der Waals surface area contributed by atoms with E-state index in [2.05, 4.69) is 11.8 Å². The van der Waals surface area contributed by atoms with Gasteiger partial charge in [-0.3, -0.25) is 10.1 Å². The molecule has 1 aliphatic heterocycles. The van der Waals surface area contributed by atoms with Crippen molar-refractivity contribution in [3.63, 3.8) is 0 Å². The van der Waals surface area contributed by atoms with Crippen LogP contribution in [-0.2, 0) is 0 Å². The standard InChI is InChI=1S/C14H21N3O2/c1-3-11-9-16(5-4-14(11)15)12-6-10(2)7-13(8-12)17(18)19/h6-8,11,14H,3-5,9,15H2,1-2H3. The second-order valence-corrected chi connectivity index (χ2v) is 5.35. The molecule has 2 rings (SSSR count). The molecule has 5 heteroatoms. The highest BCUT2D eigenvalue weighted by atomic mass is 16.6. The van der Waals surface area contributed by atoms with E-state index in [1.165, 1.54) is 0 Å².